The van der Waals surface area contributed by atoms with Crippen LogP contribution in [0.2, 0.25) is 39.3 Å². The van der Waals surface area contributed by atoms with E-state index >= 15 is 0 Å². The van der Waals surface area contributed by atoms with Crippen molar-refractivity contribution >= 4 is 83.2 Å². The second-order valence-corrected chi connectivity index (χ2v) is 26.8. The maximum absolute atomic E-state index is 2.42. The molecule has 0 spiro atoms. The quantitative estimate of drug-likeness (QED) is 0.145. The Morgan fingerprint density at radius 1 is 0.392 bits per heavy atom. The zero-order chi connectivity index (χ0) is 35.3. The van der Waals surface area contributed by atoms with Gasteiger partial charge >= 0.3 is 0 Å². The highest BCUT2D eigenvalue weighted by Crippen LogP contribution is 2.52. The van der Waals surface area contributed by atoms with E-state index in [0.717, 1.165) is 17.1 Å². The van der Waals surface area contributed by atoms with Crippen LogP contribution in [0.15, 0.2) is 168 Å². The van der Waals surface area contributed by atoms with Gasteiger partial charge < -0.3 is 9.80 Å². The first kappa shape index (κ1) is 33.3. The lowest BCUT2D eigenvalue weighted by Gasteiger charge is -2.30. The molecule has 252 valence electrons. The SMILES string of the molecule is C[Si](C)(C)c1ccc(N(c2ccccc2)c2ccc3c(c2)Sc2cccc4c(N(c5ccccc5)c5ccc([Si](C)(C)C)cc5)ccc-3c24)cc1. The van der Waals surface area contributed by atoms with Crippen molar-refractivity contribution in [3.63, 3.8) is 0 Å². The Bertz CT molecular complexity index is 2340. The summed E-state index contributed by atoms with van der Waals surface area (Å²) in [6, 6.07) is 58.5. The maximum atomic E-state index is 2.42. The second-order valence-electron chi connectivity index (χ2n) is 15.5. The van der Waals surface area contributed by atoms with Gasteiger partial charge in [-0.05, 0) is 83.9 Å². The summed E-state index contributed by atoms with van der Waals surface area (Å²) >= 11 is 1.88. The van der Waals surface area contributed by atoms with E-state index in [0.29, 0.717) is 0 Å². The minimum absolute atomic E-state index is 1.16. The van der Waals surface area contributed by atoms with Gasteiger partial charge in [-0.15, -0.1) is 0 Å². The molecule has 51 heavy (non-hydrogen) atoms. The van der Waals surface area contributed by atoms with Gasteiger partial charge in [-0.1, -0.05) is 146 Å². The molecule has 0 aromatic heterocycles. The van der Waals surface area contributed by atoms with Gasteiger partial charge in [-0.25, -0.2) is 0 Å². The van der Waals surface area contributed by atoms with Crippen LogP contribution in [0.25, 0.3) is 21.9 Å². The van der Waals surface area contributed by atoms with Gasteiger partial charge in [0, 0.05) is 49.0 Å². The van der Waals surface area contributed by atoms with E-state index in [-0.39, 0.29) is 0 Å². The third kappa shape index (κ3) is 6.35. The third-order valence-corrected chi connectivity index (χ3v) is 15.2. The number of nitrogens with zero attached hydrogens (tertiary/aromatic N) is 2. The lowest BCUT2D eigenvalue weighted by molar-refractivity contribution is 1.26. The van der Waals surface area contributed by atoms with Crippen LogP contribution < -0.4 is 20.2 Å². The Morgan fingerprint density at radius 2 is 0.882 bits per heavy atom. The molecule has 1 heterocycles. The van der Waals surface area contributed by atoms with Crippen LogP contribution >= 0.6 is 11.8 Å². The first-order valence-electron chi connectivity index (χ1n) is 17.9. The normalized spacial score (nSPS) is 12.4. The molecule has 7 aromatic rings. The molecule has 1 aliphatic rings. The molecule has 0 N–H and O–H groups in total. The molecule has 7 aromatic carbocycles. The molecule has 0 saturated heterocycles. The Labute approximate surface area is 309 Å². The number of anilines is 6. The first-order valence-corrected chi connectivity index (χ1v) is 25.7. The topological polar surface area (TPSA) is 6.48 Å². The van der Waals surface area contributed by atoms with Crippen LogP contribution in [0.1, 0.15) is 0 Å². The van der Waals surface area contributed by atoms with Gasteiger partial charge in [0.15, 0.2) is 0 Å². The van der Waals surface area contributed by atoms with Crippen molar-refractivity contribution in [1.82, 2.24) is 0 Å². The fourth-order valence-corrected chi connectivity index (χ4v) is 10.7. The highest BCUT2D eigenvalue weighted by Gasteiger charge is 2.26. The van der Waals surface area contributed by atoms with Crippen LogP contribution in [-0.4, -0.2) is 16.1 Å². The van der Waals surface area contributed by atoms with E-state index in [1.165, 1.54) is 59.1 Å². The first-order chi connectivity index (χ1) is 24.6. The van der Waals surface area contributed by atoms with E-state index in [1.807, 2.05) is 11.8 Å². The molecule has 2 nitrogen and oxygen atoms in total. The van der Waals surface area contributed by atoms with E-state index in [9.17, 15) is 0 Å². The fourth-order valence-electron chi connectivity index (χ4n) is 7.19. The number of hydrogen-bond donors (Lipinski definition) is 0. The Morgan fingerprint density at radius 3 is 1.45 bits per heavy atom. The molecule has 0 saturated carbocycles. The van der Waals surface area contributed by atoms with Gasteiger partial charge in [0.05, 0.1) is 21.8 Å². The molecule has 0 aliphatic carbocycles. The highest BCUT2D eigenvalue weighted by atomic mass is 32.2. The number of fused-ring (bicyclic) bond motifs is 2. The summed E-state index contributed by atoms with van der Waals surface area (Å²) in [4.78, 5) is 7.38. The number of rotatable bonds is 8. The van der Waals surface area contributed by atoms with Crippen LogP contribution in [-0.2, 0) is 0 Å². The van der Waals surface area contributed by atoms with Crippen molar-refractivity contribution in [1.29, 1.82) is 0 Å². The summed E-state index contributed by atoms with van der Waals surface area (Å²) in [6.07, 6.45) is 0. The molecule has 1 aliphatic heterocycles. The average Bonchev–Trinajstić information content (AvgIpc) is 3.13. The maximum Gasteiger partial charge on any atom is 0.0775 e. The summed E-state index contributed by atoms with van der Waals surface area (Å²) in [6.45, 7) is 14.4. The van der Waals surface area contributed by atoms with Crippen LogP contribution in [0, 0.1) is 0 Å². The van der Waals surface area contributed by atoms with Gasteiger partial charge in [-0.3, -0.25) is 0 Å². The third-order valence-electron chi connectivity index (χ3n) is 9.97. The predicted octanol–water partition coefficient (Wildman–Crippen LogP) is 13.0. The zero-order valence-electron chi connectivity index (χ0n) is 30.3. The summed E-state index contributed by atoms with van der Waals surface area (Å²) in [5, 5.41) is 5.53. The van der Waals surface area contributed by atoms with Crippen molar-refractivity contribution in [2.45, 2.75) is 49.1 Å². The summed E-state index contributed by atoms with van der Waals surface area (Å²) in [5.74, 6) is 0. The molecule has 5 heteroatoms. The molecule has 0 unspecified atom stereocenters. The van der Waals surface area contributed by atoms with Crippen LogP contribution in [0.4, 0.5) is 34.1 Å². The van der Waals surface area contributed by atoms with Crippen molar-refractivity contribution < 1.29 is 0 Å². The number of hydrogen-bond acceptors (Lipinski definition) is 3. The lowest BCUT2D eigenvalue weighted by atomic mass is 9.95. The van der Waals surface area contributed by atoms with E-state index in [2.05, 4.69) is 207 Å². The molecule has 0 bridgehead atoms. The minimum Gasteiger partial charge on any atom is -0.310 e. The Hall–Kier alpha value is -4.82. The standard InChI is InChI=1S/C46H44N2SSi2/c1-50(2,3)38-25-20-35(21-26-38)47(33-14-9-7-10-15-33)37-24-29-40-41-30-31-43(42-18-13-19-44(46(41)42)49-45(40)32-37)48(34-16-11-8-12-17-34)36-22-27-39(28-23-36)51(4,5)6/h7-32H,1-6H3. The average molecular weight is 713 g/mol. The largest absolute Gasteiger partial charge is 0.310 e. The monoisotopic (exact) mass is 712 g/mol. The van der Waals surface area contributed by atoms with E-state index in [1.54, 1.807) is 0 Å². The van der Waals surface area contributed by atoms with Crippen LogP contribution in [0.3, 0.4) is 0 Å². The smallest absolute Gasteiger partial charge is 0.0775 e. The molecule has 0 atom stereocenters. The fraction of sp³-hybridized carbons (Fsp3) is 0.130. The van der Waals surface area contributed by atoms with E-state index < -0.39 is 16.1 Å². The molecule has 0 radical (unpaired) electrons. The molecule has 0 amide bonds. The lowest BCUT2D eigenvalue weighted by Crippen LogP contribution is -2.37. The number of para-hydroxylation sites is 2. The summed E-state index contributed by atoms with van der Waals surface area (Å²) < 4.78 is 0. The molecular formula is C46H44N2SSi2. The predicted molar refractivity (Wildman–Crippen MR) is 229 cm³/mol. The Kier molecular flexibility index (Phi) is 8.54. The second kappa shape index (κ2) is 13.1. The zero-order valence-corrected chi connectivity index (χ0v) is 33.1. The van der Waals surface area contributed by atoms with Crippen LogP contribution in [0.5, 0.6) is 0 Å². The van der Waals surface area contributed by atoms with Crippen molar-refractivity contribution in [2.24, 2.45) is 0 Å². The van der Waals surface area contributed by atoms with Gasteiger partial charge in [0.2, 0.25) is 0 Å². The molecule has 0 fully saturated rings. The van der Waals surface area contributed by atoms with Crippen molar-refractivity contribution in [3.8, 4) is 11.1 Å². The highest BCUT2D eigenvalue weighted by molar-refractivity contribution is 7.99. The van der Waals surface area contributed by atoms with E-state index in [4.69, 9.17) is 0 Å². The van der Waals surface area contributed by atoms with Crippen molar-refractivity contribution in [3.05, 3.63) is 158 Å². The Balaban J connectivity index is 1.24. The van der Waals surface area contributed by atoms with Gasteiger partial charge in [0.25, 0.3) is 0 Å². The molecular weight excluding hydrogens is 669 g/mol. The summed E-state index contributed by atoms with van der Waals surface area (Å²) in [5.41, 5.74) is 9.60. The molecule has 8 rings (SSSR count). The number of benzene rings is 7. The minimum atomic E-state index is -1.42. The van der Waals surface area contributed by atoms with Gasteiger partial charge in [-0.2, -0.15) is 0 Å². The summed E-state index contributed by atoms with van der Waals surface area (Å²) in [7, 11) is -2.83. The van der Waals surface area contributed by atoms with Gasteiger partial charge in [0.1, 0.15) is 0 Å². The van der Waals surface area contributed by atoms with Crippen molar-refractivity contribution in [2.75, 3.05) is 9.80 Å².